The van der Waals surface area contributed by atoms with Crippen LogP contribution >= 0.6 is 15.9 Å². The fourth-order valence-electron chi connectivity index (χ4n) is 1.23. The van der Waals surface area contributed by atoms with Gasteiger partial charge in [-0.15, -0.1) is 0 Å². The molecule has 1 aromatic carbocycles. The number of aliphatic hydroxyl groups excluding tert-OH is 1. The average molecular weight is 260 g/mol. The molecular formula is C10H14BrNO2. The summed E-state index contributed by atoms with van der Waals surface area (Å²) in [4.78, 5) is 0. The predicted octanol–water partition coefficient (Wildman–Crippen LogP) is 1.84. The summed E-state index contributed by atoms with van der Waals surface area (Å²) in [5.41, 5.74) is 6.84. The summed E-state index contributed by atoms with van der Waals surface area (Å²) >= 11 is 3.41. The van der Waals surface area contributed by atoms with Crippen LogP contribution in [-0.2, 0) is 0 Å². The molecule has 0 amide bonds. The van der Waals surface area contributed by atoms with Crippen molar-refractivity contribution in [1.82, 2.24) is 0 Å². The zero-order valence-electron chi connectivity index (χ0n) is 8.03. The van der Waals surface area contributed by atoms with Crippen molar-refractivity contribution in [2.45, 2.75) is 12.5 Å². The molecule has 0 fully saturated rings. The zero-order valence-corrected chi connectivity index (χ0v) is 9.62. The van der Waals surface area contributed by atoms with Gasteiger partial charge in [0, 0.05) is 17.1 Å². The molecule has 0 aliphatic rings. The van der Waals surface area contributed by atoms with Crippen LogP contribution in [0.1, 0.15) is 18.0 Å². The minimum atomic E-state index is -0.163. The van der Waals surface area contributed by atoms with E-state index in [0.717, 1.165) is 15.8 Å². The minimum absolute atomic E-state index is 0.0881. The highest BCUT2D eigenvalue weighted by Gasteiger charge is 2.10. The van der Waals surface area contributed by atoms with E-state index >= 15 is 0 Å². The largest absolute Gasteiger partial charge is 0.497 e. The lowest BCUT2D eigenvalue weighted by molar-refractivity contribution is 0.276. The van der Waals surface area contributed by atoms with Crippen molar-refractivity contribution in [3.8, 4) is 5.75 Å². The topological polar surface area (TPSA) is 55.5 Å². The van der Waals surface area contributed by atoms with E-state index in [1.54, 1.807) is 7.11 Å². The molecule has 78 valence electrons. The van der Waals surface area contributed by atoms with Gasteiger partial charge in [-0.2, -0.15) is 0 Å². The first kappa shape index (κ1) is 11.5. The number of benzene rings is 1. The summed E-state index contributed by atoms with van der Waals surface area (Å²) in [7, 11) is 1.62. The average Bonchev–Trinajstić information content (AvgIpc) is 2.19. The lowest BCUT2D eigenvalue weighted by atomic mass is 10.1. The Morgan fingerprint density at radius 2 is 2.29 bits per heavy atom. The summed E-state index contributed by atoms with van der Waals surface area (Å²) in [6, 6.07) is 5.47. The highest BCUT2D eigenvalue weighted by atomic mass is 79.9. The monoisotopic (exact) mass is 259 g/mol. The molecular weight excluding hydrogens is 246 g/mol. The zero-order chi connectivity index (χ0) is 10.6. The summed E-state index contributed by atoms with van der Waals surface area (Å²) in [6.07, 6.45) is 0.547. The van der Waals surface area contributed by atoms with Gasteiger partial charge in [0.05, 0.1) is 7.11 Å². The molecule has 0 aliphatic heterocycles. The van der Waals surface area contributed by atoms with Crippen LogP contribution in [0.2, 0.25) is 0 Å². The second kappa shape index (κ2) is 5.34. The van der Waals surface area contributed by atoms with Gasteiger partial charge in [0.15, 0.2) is 0 Å². The predicted molar refractivity (Wildman–Crippen MR) is 59.3 cm³/mol. The van der Waals surface area contributed by atoms with E-state index in [2.05, 4.69) is 15.9 Å². The number of methoxy groups -OCH3 is 1. The molecule has 0 spiro atoms. The molecule has 0 heterocycles. The van der Waals surface area contributed by atoms with Crippen molar-refractivity contribution in [2.75, 3.05) is 13.7 Å². The maximum Gasteiger partial charge on any atom is 0.119 e. The quantitative estimate of drug-likeness (QED) is 0.868. The summed E-state index contributed by atoms with van der Waals surface area (Å²) < 4.78 is 6.04. The van der Waals surface area contributed by atoms with Crippen molar-refractivity contribution in [3.05, 3.63) is 28.2 Å². The summed E-state index contributed by atoms with van der Waals surface area (Å²) in [5, 5.41) is 8.79. The van der Waals surface area contributed by atoms with Gasteiger partial charge in [0.2, 0.25) is 0 Å². The molecule has 4 heteroatoms. The van der Waals surface area contributed by atoms with Gasteiger partial charge in [0.1, 0.15) is 5.75 Å². The fraction of sp³-hybridized carbons (Fsp3) is 0.400. The normalized spacial score (nSPS) is 12.6. The van der Waals surface area contributed by atoms with E-state index in [4.69, 9.17) is 15.6 Å². The molecule has 1 atom stereocenters. The van der Waals surface area contributed by atoms with E-state index in [0.29, 0.717) is 6.42 Å². The SMILES string of the molecule is COc1ccc(Br)c([C@@H](N)CCO)c1. The Hall–Kier alpha value is -0.580. The molecule has 0 saturated heterocycles. The molecule has 0 aromatic heterocycles. The van der Waals surface area contributed by atoms with Crippen LogP contribution < -0.4 is 10.5 Å². The van der Waals surface area contributed by atoms with E-state index in [9.17, 15) is 0 Å². The second-order valence-corrected chi connectivity index (χ2v) is 3.86. The number of hydrogen-bond donors (Lipinski definition) is 2. The number of hydrogen-bond acceptors (Lipinski definition) is 3. The molecule has 3 nitrogen and oxygen atoms in total. The van der Waals surface area contributed by atoms with Gasteiger partial charge in [-0.25, -0.2) is 0 Å². The molecule has 3 N–H and O–H groups in total. The third kappa shape index (κ3) is 2.70. The lowest BCUT2D eigenvalue weighted by Crippen LogP contribution is -2.12. The van der Waals surface area contributed by atoms with Gasteiger partial charge < -0.3 is 15.6 Å². The van der Waals surface area contributed by atoms with Crippen LogP contribution in [0.15, 0.2) is 22.7 Å². The van der Waals surface area contributed by atoms with Crippen LogP contribution in [-0.4, -0.2) is 18.8 Å². The van der Waals surface area contributed by atoms with Gasteiger partial charge >= 0.3 is 0 Å². The van der Waals surface area contributed by atoms with Crippen LogP contribution in [0.3, 0.4) is 0 Å². The Balaban J connectivity index is 2.93. The van der Waals surface area contributed by atoms with Crippen LogP contribution in [0, 0.1) is 0 Å². The second-order valence-electron chi connectivity index (χ2n) is 3.01. The van der Waals surface area contributed by atoms with E-state index in [1.807, 2.05) is 18.2 Å². The lowest BCUT2D eigenvalue weighted by Gasteiger charge is -2.13. The number of ether oxygens (including phenoxy) is 1. The Kier molecular flexibility index (Phi) is 4.38. The molecule has 0 unspecified atom stereocenters. The standard InChI is InChI=1S/C10H14BrNO2/c1-14-7-2-3-9(11)8(6-7)10(12)4-5-13/h2-3,6,10,13H,4-5,12H2,1H3/t10-/m0/s1. The molecule has 0 saturated carbocycles. The Morgan fingerprint density at radius 3 is 2.86 bits per heavy atom. The molecule has 1 aromatic rings. The number of aliphatic hydroxyl groups is 1. The molecule has 14 heavy (non-hydrogen) atoms. The summed E-state index contributed by atoms with van der Waals surface area (Å²) in [6.45, 7) is 0.0881. The first-order chi connectivity index (χ1) is 6.69. The van der Waals surface area contributed by atoms with E-state index in [1.165, 1.54) is 0 Å². The van der Waals surface area contributed by atoms with Crippen LogP contribution in [0.25, 0.3) is 0 Å². The molecule has 0 radical (unpaired) electrons. The van der Waals surface area contributed by atoms with E-state index < -0.39 is 0 Å². The van der Waals surface area contributed by atoms with Crippen molar-refractivity contribution in [3.63, 3.8) is 0 Å². The molecule has 1 rings (SSSR count). The van der Waals surface area contributed by atoms with Gasteiger partial charge in [0.25, 0.3) is 0 Å². The Labute approximate surface area is 92.0 Å². The first-order valence-electron chi connectivity index (χ1n) is 4.39. The first-order valence-corrected chi connectivity index (χ1v) is 5.18. The number of rotatable bonds is 4. The van der Waals surface area contributed by atoms with Gasteiger partial charge in [-0.3, -0.25) is 0 Å². The van der Waals surface area contributed by atoms with Crippen molar-refractivity contribution < 1.29 is 9.84 Å². The minimum Gasteiger partial charge on any atom is -0.497 e. The van der Waals surface area contributed by atoms with Gasteiger partial charge in [-0.05, 0) is 30.2 Å². The van der Waals surface area contributed by atoms with Crippen molar-refractivity contribution >= 4 is 15.9 Å². The highest BCUT2D eigenvalue weighted by Crippen LogP contribution is 2.27. The summed E-state index contributed by atoms with van der Waals surface area (Å²) in [5.74, 6) is 0.775. The van der Waals surface area contributed by atoms with Crippen molar-refractivity contribution in [2.24, 2.45) is 5.73 Å². The Morgan fingerprint density at radius 1 is 1.57 bits per heavy atom. The Bertz CT molecular complexity index is 304. The number of nitrogens with two attached hydrogens (primary N) is 1. The fourth-order valence-corrected chi connectivity index (χ4v) is 1.77. The molecule has 0 aliphatic carbocycles. The molecule has 0 bridgehead atoms. The smallest absolute Gasteiger partial charge is 0.119 e. The third-order valence-corrected chi connectivity index (χ3v) is 2.76. The van der Waals surface area contributed by atoms with Crippen LogP contribution in [0.4, 0.5) is 0 Å². The van der Waals surface area contributed by atoms with Gasteiger partial charge in [-0.1, -0.05) is 15.9 Å². The maximum atomic E-state index is 8.79. The maximum absolute atomic E-state index is 8.79. The number of halogens is 1. The van der Waals surface area contributed by atoms with Crippen molar-refractivity contribution in [1.29, 1.82) is 0 Å². The van der Waals surface area contributed by atoms with Crippen LogP contribution in [0.5, 0.6) is 5.75 Å². The third-order valence-electron chi connectivity index (χ3n) is 2.04. The van der Waals surface area contributed by atoms with E-state index in [-0.39, 0.29) is 12.6 Å². The highest BCUT2D eigenvalue weighted by molar-refractivity contribution is 9.10.